The quantitative estimate of drug-likeness (QED) is 0.892. The molecule has 2 rings (SSSR count). The van der Waals surface area contributed by atoms with Crippen molar-refractivity contribution < 1.29 is 9.90 Å². The van der Waals surface area contributed by atoms with E-state index < -0.39 is 12.0 Å². The van der Waals surface area contributed by atoms with Gasteiger partial charge in [-0.05, 0) is 28.8 Å². The molecule has 0 bridgehead atoms. The van der Waals surface area contributed by atoms with Gasteiger partial charge >= 0.3 is 0 Å². The third-order valence-electron chi connectivity index (χ3n) is 2.66. The summed E-state index contributed by atoms with van der Waals surface area (Å²) in [4.78, 5) is 11.1. The molecule has 18 heavy (non-hydrogen) atoms. The SMILES string of the molecule is NC(=O)C(O)c1ccccc1-c1cccc(Cl)c1. The molecule has 4 heteroatoms. The first-order valence-corrected chi connectivity index (χ1v) is 5.79. The molecule has 3 nitrogen and oxygen atoms in total. The van der Waals surface area contributed by atoms with Crippen LogP contribution in [0.5, 0.6) is 0 Å². The zero-order valence-corrected chi connectivity index (χ0v) is 10.3. The minimum atomic E-state index is -1.32. The van der Waals surface area contributed by atoms with E-state index in [-0.39, 0.29) is 0 Å². The van der Waals surface area contributed by atoms with Crippen LogP contribution < -0.4 is 5.73 Å². The van der Waals surface area contributed by atoms with Gasteiger partial charge in [0.2, 0.25) is 0 Å². The smallest absolute Gasteiger partial charge is 0.250 e. The first-order valence-electron chi connectivity index (χ1n) is 5.42. The van der Waals surface area contributed by atoms with Gasteiger partial charge in [0.1, 0.15) is 0 Å². The first-order chi connectivity index (χ1) is 8.59. The zero-order valence-electron chi connectivity index (χ0n) is 9.51. The van der Waals surface area contributed by atoms with Gasteiger partial charge in [0, 0.05) is 5.02 Å². The van der Waals surface area contributed by atoms with Crippen molar-refractivity contribution in [3.8, 4) is 11.1 Å². The van der Waals surface area contributed by atoms with Crippen molar-refractivity contribution in [2.45, 2.75) is 6.10 Å². The molecule has 0 aliphatic heterocycles. The topological polar surface area (TPSA) is 63.3 Å². The molecule has 1 amide bonds. The summed E-state index contributed by atoms with van der Waals surface area (Å²) in [5.41, 5.74) is 7.18. The maximum absolute atomic E-state index is 11.1. The summed E-state index contributed by atoms with van der Waals surface area (Å²) in [5.74, 6) is -0.774. The number of hydrogen-bond acceptors (Lipinski definition) is 2. The summed E-state index contributed by atoms with van der Waals surface area (Å²) in [6, 6.07) is 14.3. The summed E-state index contributed by atoms with van der Waals surface area (Å²) in [5, 5.41) is 10.4. The van der Waals surface area contributed by atoms with Gasteiger partial charge in [-0.2, -0.15) is 0 Å². The van der Waals surface area contributed by atoms with Crippen LogP contribution in [0.25, 0.3) is 11.1 Å². The van der Waals surface area contributed by atoms with Gasteiger partial charge in [0.25, 0.3) is 5.91 Å². The summed E-state index contributed by atoms with van der Waals surface area (Å²) in [7, 11) is 0. The Hall–Kier alpha value is -1.84. The number of halogens is 1. The number of hydrogen-bond donors (Lipinski definition) is 2. The summed E-state index contributed by atoms with van der Waals surface area (Å²) in [6.45, 7) is 0. The lowest BCUT2D eigenvalue weighted by Gasteiger charge is -2.13. The monoisotopic (exact) mass is 261 g/mol. The van der Waals surface area contributed by atoms with Gasteiger partial charge in [-0.1, -0.05) is 48.0 Å². The molecule has 1 atom stereocenters. The molecular weight excluding hydrogens is 250 g/mol. The highest BCUT2D eigenvalue weighted by molar-refractivity contribution is 6.30. The Bertz CT molecular complexity index is 584. The molecule has 1 unspecified atom stereocenters. The van der Waals surface area contributed by atoms with Gasteiger partial charge in [0.15, 0.2) is 6.10 Å². The molecule has 0 saturated heterocycles. The van der Waals surface area contributed by atoms with Crippen LogP contribution in [0.3, 0.4) is 0 Å². The van der Waals surface area contributed by atoms with Crippen molar-refractivity contribution in [2.75, 3.05) is 0 Å². The predicted molar refractivity (Wildman–Crippen MR) is 71.0 cm³/mol. The van der Waals surface area contributed by atoms with E-state index in [0.717, 1.165) is 11.1 Å². The van der Waals surface area contributed by atoms with Gasteiger partial charge < -0.3 is 10.8 Å². The number of amides is 1. The fourth-order valence-corrected chi connectivity index (χ4v) is 2.00. The highest BCUT2D eigenvalue weighted by Gasteiger charge is 2.17. The number of primary amides is 1. The molecular formula is C14H12ClNO2. The normalized spacial score (nSPS) is 12.1. The number of nitrogens with two attached hydrogens (primary N) is 1. The number of benzene rings is 2. The van der Waals surface area contributed by atoms with Crippen molar-refractivity contribution in [2.24, 2.45) is 5.73 Å². The van der Waals surface area contributed by atoms with E-state index in [2.05, 4.69) is 0 Å². The summed E-state index contributed by atoms with van der Waals surface area (Å²) in [6.07, 6.45) is -1.32. The molecule has 0 aromatic heterocycles. The molecule has 0 aliphatic carbocycles. The average Bonchev–Trinajstić information content (AvgIpc) is 2.38. The molecule has 2 aromatic carbocycles. The summed E-state index contributed by atoms with van der Waals surface area (Å²) < 4.78 is 0. The highest BCUT2D eigenvalue weighted by atomic mass is 35.5. The number of aliphatic hydroxyl groups excluding tert-OH is 1. The molecule has 92 valence electrons. The largest absolute Gasteiger partial charge is 0.378 e. The highest BCUT2D eigenvalue weighted by Crippen LogP contribution is 2.29. The Labute approximate surface area is 110 Å². The van der Waals surface area contributed by atoms with E-state index in [4.69, 9.17) is 17.3 Å². The van der Waals surface area contributed by atoms with Crippen molar-refractivity contribution >= 4 is 17.5 Å². The fourth-order valence-electron chi connectivity index (χ4n) is 1.81. The minimum absolute atomic E-state index is 0.479. The Kier molecular flexibility index (Phi) is 3.65. The van der Waals surface area contributed by atoms with Crippen LogP contribution in [0.15, 0.2) is 48.5 Å². The maximum Gasteiger partial charge on any atom is 0.250 e. The van der Waals surface area contributed by atoms with Crippen LogP contribution in [0.2, 0.25) is 5.02 Å². The van der Waals surface area contributed by atoms with E-state index >= 15 is 0 Å². The number of aliphatic hydroxyl groups is 1. The third-order valence-corrected chi connectivity index (χ3v) is 2.90. The number of rotatable bonds is 3. The Morgan fingerprint density at radius 1 is 1.17 bits per heavy atom. The Morgan fingerprint density at radius 3 is 2.56 bits per heavy atom. The predicted octanol–water partition coefficient (Wildman–Crippen LogP) is 2.53. The van der Waals surface area contributed by atoms with Crippen LogP contribution in [0.4, 0.5) is 0 Å². The average molecular weight is 262 g/mol. The van der Waals surface area contributed by atoms with Crippen LogP contribution in [-0.2, 0) is 4.79 Å². The van der Waals surface area contributed by atoms with Crippen molar-refractivity contribution in [3.05, 3.63) is 59.1 Å². The standard InChI is InChI=1S/C14H12ClNO2/c15-10-5-3-4-9(8-10)11-6-1-2-7-12(11)13(17)14(16)18/h1-8,13,17H,(H2,16,18). The minimum Gasteiger partial charge on any atom is -0.378 e. The van der Waals surface area contributed by atoms with Gasteiger partial charge in [-0.3, -0.25) is 4.79 Å². The molecule has 0 saturated carbocycles. The summed E-state index contributed by atoms with van der Waals surface area (Å²) >= 11 is 5.94. The second-order valence-electron chi connectivity index (χ2n) is 3.90. The molecule has 0 heterocycles. The number of carbonyl (C=O) groups excluding carboxylic acids is 1. The third kappa shape index (κ3) is 2.53. The van der Waals surface area contributed by atoms with Gasteiger partial charge in [-0.25, -0.2) is 0 Å². The number of carbonyl (C=O) groups is 1. The molecule has 0 spiro atoms. The van der Waals surface area contributed by atoms with E-state index in [1.165, 1.54) is 0 Å². The molecule has 0 radical (unpaired) electrons. The van der Waals surface area contributed by atoms with E-state index in [1.54, 1.807) is 24.3 Å². The molecule has 0 aliphatic rings. The van der Waals surface area contributed by atoms with Crippen molar-refractivity contribution in [1.82, 2.24) is 0 Å². The van der Waals surface area contributed by atoms with Crippen molar-refractivity contribution in [3.63, 3.8) is 0 Å². The fraction of sp³-hybridized carbons (Fsp3) is 0.0714. The lowest BCUT2D eigenvalue weighted by molar-refractivity contribution is -0.126. The van der Waals surface area contributed by atoms with E-state index in [1.807, 2.05) is 24.3 Å². The molecule has 0 fully saturated rings. The van der Waals surface area contributed by atoms with Crippen molar-refractivity contribution in [1.29, 1.82) is 0 Å². The molecule has 2 aromatic rings. The first kappa shape index (κ1) is 12.6. The van der Waals surface area contributed by atoms with Crippen LogP contribution in [-0.4, -0.2) is 11.0 Å². The van der Waals surface area contributed by atoms with E-state index in [9.17, 15) is 9.90 Å². The second-order valence-corrected chi connectivity index (χ2v) is 4.34. The lowest BCUT2D eigenvalue weighted by atomic mass is 9.96. The van der Waals surface area contributed by atoms with Gasteiger partial charge in [-0.15, -0.1) is 0 Å². The maximum atomic E-state index is 11.1. The second kappa shape index (κ2) is 5.21. The van der Waals surface area contributed by atoms with Crippen LogP contribution in [0, 0.1) is 0 Å². The zero-order chi connectivity index (χ0) is 13.1. The van der Waals surface area contributed by atoms with E-state index in [0.29, 0.717) is 10.6 Å². The van der Waals surface area contributed by atoms with Crippen LogP contribution in [0.1, 0.15) is 11.7 Å². The Balaban J connectivity index is 2.55. The lowest BCUT2D eigenvalue weighted by Crippen LogP contribution is -2.21. The molecule has 3 N–H and O–H groups in total. The van der Waals surface area contributed by atoms with Crippen LogP contribution >= 0.6 is 11.6 Å². The van der Waals surface area contributed by atoms with Gasteiger partial charge in [0.05, 0.1) is 0 Å². The Morgan fingerprint density at radius 2 is 1.89 bits per heavy atom.